The normalized spacial score (nSPS) is 11.8. The summed E-state index contributed by atoms with van der Waals surface area (Å²) >= 11 is 0. The van der Waals surface area contributed by atoms with E-state index >= 15 is 0 Å². The van der Waals surface area contributed by atoms with E-state index in [0.717, 1.165) is 6.08 Å². The number of carbonyl (C=O) groups is 1. The first-order valence-corrected chi connectivity index (χ1v) is 5.42. The van der Waals surface area contributed by atoms with Gasteiger partial charge in [-0.3, -0.25) is 4.79 Å². The zero-order chi connectivity index (χ0) is 15.1. The van der Waals surface area contributed by atoms with Gasteiger partial charge in [0, 0.05) is 0 Å². The molecule has 0 unspecified atom stereocenters. The lowest BCUT2D eigenvalue weighted by molar-refractivity contribution is -0.114. The average Bonchev–Trinajstić information content (AvgIpc) is 2.42. The monoisotopic (exact) mass is 268 g/mol. The lowest BCUT2D eigenvalue weighted by atomic mass is 10.1. The topological polar surface area (TPSA) is 155 Å². The number of hydrogen-bond acceptors (Lipinski definition) is 6. The van der Waals surface area contributed by atoms with E-state index in [1.807, 2.05) is 0 Å². The van der Waals surface area contributed by atoms with Gasteiger partial charge in [-0.15, -0.1) is 0 Å². The summed E-state index contributed by atoms with van der Waals surface area (Å²) < 4.78 is 0. The number of carbonyl (C=O) groups excluding carboxylic acids is 1. The van der Waals surface area contributed by atoms with Crippen molar-refractivity contribution in [1.29, 1.82) is 10.5 Å². The molecule has 1 aromatic rings. The third-order valence-electron chi connectivity index (χ3n) is 2.32. The van der Waals surface area contributed by atoms with Gasteiger partial charge in [-0.05, 0) is 18.2 Å². The minimum absolute atomic E-state index is 0.0422. The van der Waals surface area contributed by atoms with Crippen molar-refractivity contribution in [2.75, 3.05) is 11.1 Å². The van der Waals surface area contributed by atoms with Gasteiger partial charge in [0.2, 0.25) is 0 Å². The largest absolute Gasteiger partial charge is 0.397 e. The number of allylic oxidation sites excluding steroid dienone is 2. The van der Waals surface area contributed by atoms with Crippen molar-refractivity contribution in [3.63, 3.8) is 0 Å². The van der Waals surface area contributed by atoms with E-state index in [-0.39, 0.29) is 17.0 Å². The van der Waals surface area contributed by atoms with Crippen LogP contribution in [0.4, 0.5) is 11.4 Å². The minimum atomic E-state index is -0.938. The Balaban J connectivity index is 3.16. The van der Waals surface area contributed by atoms with Gasteiger partial charge in [0.05, 0.1) is 16.9 Å². The molecule has 1 rings (SSSR count). The van der Waals surface area contributed by atoms with Crippen LogP contribution in [-0.2, 0) is 4.79 Å². The van der Waals surface area contributed by atoms with Gasteiger partial charge < -0.3 is 22.5 Å². The Kier molecular flexibility index (Phi) is 4.73. The van der Waals surface area contributed by atoms with Gasteiger partial charge in [0.1, 0.15) is 23.5 Å². The molecular formula is C13H12N6O. The van der Waals surface area contributed by atoms with Crippen molar-refractivity contribution < 1.29 is 4.79 Å². The smallest absolute Gasteiger partial charge is 0.259 e. The number of para-hydroxylation sites is 2. The molecule has 0 bridgehead atoms. The number of nitrogens with two attached hydrogens (primary N) is 3. The number of hydrogen-bond donors (Lipinski definition) is 4. The summed E-state index contributed by atoms with van der Waals surface area (Å²) in [5.74, 6) is -0.980. The van der Waals surface area contributed by atoms with Crippen LogP contribution >= 0.6 is 0 Å². The molecule has 7 N–H and O–H groups in total. The number of primary amides is 1. The highest BCUT2D eigenvalue weighted by molar-refractivity contribution is 5.96. The summed E-state index contributed by atoms with van der Waals surface area (Å²) in [6.45, 7) is 0. The number of nitrogen functional groups attached to an aromatic ring is 1. The van der Waals surface area contributed by atoms with E-state index in [0.29, 0.717) is 11.4 Å². The van der Waals surface area contributed by atoms with Gasteiger partial charge in [-0.1, -0.05) is 12.1 Å². The molecule has 20 heavy (non-hydrogen) atoms. The third-order valence-corrected chi connectivity index (χ3v) is 2.32. The van der Waals surface area contributed by atoms with Gasteiger partial charge in [-0.25, -0.2) is 0 Å². The van der Waals surface area contributed by atoms with Crippen LogP contribution in [0.1, 0.15) is 0 Å². The number of benzene rings is 1. The molecule has 0 aliphatic heterocycles. The van der Waals surface area contributed by atoms with Gasteiger partial charge in [0.25, 0.3) is 5.91 Å². The number of rotatable bonds is 4. The summed E-state index contributed by atoms with van der Waals surface area (Å²) in [4.78, 5) is 10.9. The molecule has 0 aromatic heterocycles. The van der Waals surface area contributed by atoms with E-state index in [4.69, 9.17) is 27.7 Å². The second kappa shape index (κ2) is 6.47. The molecule has 0 radical (unpaired) electrons. The van der Waals surface area contributed by atoms with Crippen molar-refractivity contribution in [3.8, 4) is 12.1 Å². The van der Waals surface area contributed by atoms with Crippen LogP contribution < -0.4 is 22.5 Å². The fourth-order valence-electron chi connectivity index (χ4n) is 1.30. The Morgan fingerprint density at radius 3 is 2.35 bits per heavy atom. The maximum Gasteiger partial charge on any atom is 0.259 e. The van der Waals surface area contributed by atoms with Crippen molar-refractivity contribution in [1.82, 2.24) is 0 Å². The molecular weight excluding hydrogens is 256 g/mol. The fourth-order valence-corrected chi connectivity index (χ4v) is 1.30. The molecule has 1 aromatic carbocycles. The van der Waals surface area contributed by atoms with Crippen LogP contribution in [0.15, 0.2) is 47.3 Å². The van der Waals surface area contributed by atoms with E-state index in [1.54, 1.807) is 36.4 Å². The highest BCUT2D eigenvalue weighted by atomic mass is 16.1. The van der Waals surface area contributed by atoms with E-state index in [9.17, 15) is 4.79 Å². The second-order valence-electron chi connectivity index (χ2n) is 3.69. The van der Waals surface area contributed by atoms with Crippen LogP contribution in [0.3, 0.4) is 0 Å². The second-order valence-corrected chi connectivity index (χ2v) is 3.69. The summed E-state index contributed by atoms with van der Waals surface area (Å²) in [7, 11) is 0. The summed E-state index contributed by atoms with van der Waals surface area (Å²) in [5, 5.41) is 20.5. The average molecular weight is 268 g/mol. The van der Waals surface area contributed by atoms with E-state index in [2.05, 4.69) is 5.32 Å². The van der Waals surface area contributed by atoms with E-state index in [1.165, 1.54) is 0 Å². The van der Waals surface area contributed by atoms with Crippen molar-refractivity contribution in [3.05, 3.63) is 47.3 Å². The number of nitrogens with one attached hydrogen (secondary N) is 1. The Bertz CT molecular complexity index is 675. The van der Waals surface area contributed by atoms with Crippen molar-refractivity contribution in [2.45, 2.75) is 0 Å². The quantitative estimate of drug-likeness (QED) is 0.266. The van der Waals surface area contributed by atoms with Crippen LogP contribution in [0.25, 0.3) is 0 Å². The molecule has 0 fully saturated rings. The highest BCUT2D eigenvalue weighted by Crippen LogP contribution is 2.18. The molecule has 0 spiro atoms. The molecule has 100 valence electrons. The standard InChI is InChI=1S/C13H12N6O/c14-6-8(5-9(7-15)13(18)20)12(17)19-11-4-2-1-3-10(11)16/h1-5,19H,16-17H2,(H2,18,20)/b9-5+,12-8-. The number of anilines is 2. The Hall–Kier alpha value is -3.45. The maximum atomic E-state index is 10.9. The molecule has 7 nitrogen and oxygen atoms in total. The Labute approximate surface area is 115 Å². The molecule has 0 saturated heterocycles. The van der Waals surface area contributed by atoms with Crippen LogP contribution in [0.2, 0.25) is 0 Å². The summed E-state index contributed by atoms with van der Waals surface area (Å²) in [6.07, 6.45) is 1.02. The molecule has 0 aliphatic carbocycles. The first-order valence-electron chi connectivity index (χ1n) is 5.42. The molecule has 1 amide bonds. The van der Waals surface area contributed by atoms with Gasteiger partial charge in [-0.2, -0.15) is 10.5 Å². The predicted molar refractivity (Wildman–Crippen MR) is 74.2 cm³/mol. The summed E-state index contributed by atoms with van der Waals surface area (Å²) in [5.41, 5.74) is 16.9. The lowest BCUT2D eigenvalue weighted by Crippen LogP contribution is -2.15. The van der Waals surface area contributed by atoms with Crippen molar-refractivity contribution >= 4 is 17.3 Å². The van der Waals surface area contributed by atoms with Gasteiger partial charge in [0.15, 0.2) is 0 Å². The fraction of sp³-hybridized carbons (Fsp3) is 0. The number of amides is 1. The third kappa shape index (κ3) is 3.52. The molecule has 7 heteroatoms. The molecule has 0 heterocycles. The molecule has 0 saturated carbocycles. The highest BCUT2D eigenvalue weighted by Gasteiger charge is 2.08. The lowest BCUT2D eigenvalue weighted by Gasteiger charge is -2.09. The zero-order valence-corrected chi connectivity index (χ0v) is 10.4. The van der Waals surface area contributed by atoms with E-state index < -0.39 is 5.91 Å². The van der Waals surface area contributed by atoms with Crippen LogP contribution in [0, 0.1) is 22.7 Å². The zero-order valence-electron chi connectivity index (χ0n) is 10.4. The van der Waals surface area contributed by atoms with Gasteiger partial charge >= 0.3 is 0 Å². The van der Waals surface area contributed by atoms with Crippen LogP contribution in [0.5, 0.6) is 0 Å². The first kappa shape index (κ1) is 14.6. The van der Waals surface area contributed by atoms with Crippen molar-refractivity contribution in [2.24, 2.45) is 11.5 Å². The number of nitrogens with zero attached hydrogens (tertiary/aromatic N) is 2. The summed E-state index contributed by atoms with van der Waals surface area (Å²) in [6, 6.07) is 10.2. The van der Waals surface area contributed by atoms with Crippen LogP contribution in [-0.4, -0.2) is 5.91 Å². The first-order chi connectivity index (χ1) is 9.49. The minimum Gasteiger partial charge on any atom is -0.397 e. The maximum absolute atomic E-state index is 10.9. The molecule has 0 aliphatic rings. The Morgan fingerprint density at radius 1 is 1.20 bits per heavy atom. The predicted octanol–water partition coefficient (Wildman–Crippen LogP) is 0.310. The SMILES string of the molecule is N#CC(/C=C(\C#N)C(N)=O)=C(/N)Nc1ccccc1N. The Morgan fingerprint density at radius 2 is 1.85 bits per heavy atom. The molecule has 0 atom stereocenters. The number of nitriles is 2.